The van der Waals surface area contributed by atoms with Gasteiger partial charge in [-0.25, -0.2) is 9.78 Å². The Morgan fingerprint density at radius 3 is 2.62 bits per heavy atom. The van der Waals surface area contributed by atoms with Gasteiger partial charge in [0.05, 0.1) is 17.6 Å². The number of carbonyl (C=O) groups excluding carboxylic acids is 1. The Labute approximate surface area is 140 Å². The topological polar surface area (TPSA) is 85.6 Å². The number of nitrogens with zero attached hydrogens (tertiary/aromatic N) is 3. The number of esters is 1. The second kappa shape index (κ2) is 7.08. The highest BCUT2D eigenvalue weighted by atomic mass is 16.6. The number of aromatic nitrogens is 1. The van der Waals surface area contributed by atoms with E-state index in [1.165, 1.54) is 19.4 Å². The Kier molecular flexibility index (Phi) is 5.13. The van der Waals surface area contributed by atoms with E-state index in [9.17, 15) is 14.9 Å². The molecule has 0 N–H and O–H groups in total. The first-order valence-corrected chi connectivity index (χ1v) is 7.33. The zero-order valence-corrected chi connectivity index (χ0v) is 14.1. The van der Waals surface area contributed by atoms with E-state index in [1.807, 2.05) is 26.0 Å². The molecule has 7 nitrogen and oxygen atoms in total. The zero-order valence-electron chi connectivity index (χ0n) is 14.1. The van der Waals surface area contributed by atoms with Gasteiger partial charge in [-0.1, -0.05) is 23.8 Å². The summed E-state index contributed by atoms with van der Waals surface area (Å²) in [7, 11) is 2.95. The van der Waals surface area contributed by atoms with Crippen molar-refractivity contribution in [1.82, 2.24) is 4.98 Å². The molecule has 0 unspecified atom stereocenters. The predicted octanol–water partition coefficient (Wildman–Crippen LogP) is 3.03. The van der Waals surface area contributed by atoms with Crippen molar-refractivity contribution < 1.29 is 14.5 Å². The molecule has 1 aromatic carbocycles. The second-order valence-electron chi connectivity index (χ2n) is 5.60. The van der Waals surface area contributed by atoms with Crippen LogP contribution in [0.3, 0.4) is 0 Å². The van der Waals surface area contributed by atoms with Crippen LogP contribution in [-0.4, -0.2) is 30.0 Å². The molecule has 0 aliphatic rings. The number of rotatable bonds is 5. The van der Waals surface area contributed by atoms with Crippen LogP contribution in [0.1, 0.15) is 27.0 Å². The number of methoxy groups -OCH3 is 1. The van der Waals surface area contributed by atoms with Gasteiger partial charge in [0.15, 0.2) is 0 Å². The quantitative estimate of drug-likeness (QED) is 0.476. The minimum atomic E-state index is -0.658. The van der Waals surface area contributed by atoms with Crippen molar-refractivity contribution >= 4 is 17.5 Å². The molecule has 1 heterocycles. The van der Waals surface area contributed by atoms with Crippen LogP contribution in [0.15, 0.2) is 30.5 Å². The highest BCUT2D eigenvalue weighted by Gasteiger charge is 2.22. The summed E-state index contributed by atoms with van der Waals surface area (Å²) in [5.74, 6) is -0.457. The number of hydrogen-bond donors (Lipinski definition) is 0. The van der Waals surface area contributed by atoms with Gasteiger partial charge in [-0.15, -0.1) is 0 Å². The lowest BCUT2D eigenvalue weighted by molar-refractivity contribution is -0.384. The van der Waals surface area contributed by atoms with Gasteiger partial charge in [0, 0.05) is 25.9 Å². The molecule has 7 heteroatoms. The van der Waals surface area contributed by atoms with Crippen molar-refractivity contribution in [1.29, 1.82) is 0 Å². The van der Waals surface area contributed by atoms with Crippen LogP contribution in [0.4, 0.5) is 11.5 Å². The molecule has 126 valence electrons. The lowest BCUT2D eigenvalue weighted by atomic mass is 10.1. The van der Waals surface area contributed by atoms with Crippen LogP contribution in [0, 0.1) is 24.0 Å². The van der Waals surface area contributed by atoms with Crippen molar-refractivity contribution in [2.45, 2.75) is 20.4 Å². The monoisotopic (exact) mass is 329 g/mol. The Balaban J connectivity index is 2.36. The van der Waals surface area contributed by atoms with Crippen LogP contribution < -0.4 is 4.90 Å². The predicted molar refractivity (Wildman–Crippen MR) is 90.3 cm³/mol. The smallest absolute Gasteiger partial charge is 0.339 e. The number of pyridine rings is 1. The molecule has 0 saturated carbocycles. The third-order valence-electron chi connectivity index (χ3n) is 3.73. The largest absolute Gasteiger partial charge is 0.465 e. The normalized spacial score (nSPS) is 10.3. The van der Waals surface area contributed by atoms with Gasteiger partial charge in [0.25, 0.3) is 0 Å². The van der Waals surface area contributed by atoms with E-state index in [0.717, 1.165) is 16.7 Å². The summed E-state index contributed by atoms with van der Waals surface area (Å²) >= 11 is 0. The molecule has 0 saturated heterocycles. The Bertz CT molecular complexity index is 789. The SMILES string of the molecule is COC(=O)c1cnc(N(C)Cc2ccc(C)cc2C)c([N+](=O)[O-])c1. The van der Waals surface area contributed by atoms with Gasteiger partial charge in [0.2, 0.25) is 5.82 Å². The van der Waals surface area contributed by atoms with E-state index in [-0.39, 0.29) is 17.1 Å². The van der Waals surface area contributed by atoms with Crippen LogP contribution in [0.25, 0.3) is 0 Å². The van der Waals surface area contributed by atoms with Crippen LogP contribution in [0.5, 0.6) is 0 Å². The lowest BCUT2D eigenvalue weighted by Gasteiger charge is -2.19. The number of carbonyl (C=O) groups is 1. The Morgan fingerprint density at radius 1 is 1.33 bits per heavy atom. The molecule has 1 aromatic heterocycles. The molecular formula is C17H19N3O4. The molecular weight excluding hydrogens is 310 g/mol. The zero-order chi connectivity index (χ0) is 17.9. The number of ether oxygens (including phenoxy) is 1. The lowest BCUT2D eigenvalue weighted by Crippen LogP contribution is -2.20. The number of nitro groups is 1. The third kappa shape index (κ3) is 3.68. The summed E-state index contributed by atoms with van der Waals surface area (Å²) in [4.78, 5) is 28.1. The van der Waals surface area contributed by atoms with Gasteiger partial charge in [-0.05, 0) is 25.0 Å². The highest BCUT2D eigenvalue weighted by molar-refractivity contribution is 5.90. The molecule has 0 radical (unpaired) electrons. The minimum Gasteiger partial charge on any atom is -0.465 e. The maximum atomic E-state index is 11.5. The molecule has 0 spiro atoms. The average Bonchev–Trinajstić information content (AvgIpc) is 2.55. The first-order valence-electron chi connectivity index (χ1n) is 7.33. The van der Waals surface area contributed by atoms with Crippen molar-refractivity contribution in [3.05, 3.63) is 62.8 Å². The third-order valence-corrected chi connectivity index (χ3v) is 3.73. The number of aryl methyl sites for hydroxylation is 2. The van der Waals surface area contributed by atoms with E-state index >= 15 is 0 Å². The summed E-state index contributed by atoms with van der Waals surface area (Å²) in [6, 6.07) is 7.24. The summed E-state index contributed by atoms with van der Waals surface area (Å²) in [5.41, 5.74) is 3.13. The molecule has 2 rings (SSSR count). The summed E-state index contributed by atoms with van der Waals surface area (Å²) in [6.45, 7) is 4.48. The van der Waals surface area contributed by atoms with Crippen molar-refractivity contribution in [2.24, 2.45) is 0 Å². The van der Waals surface area contributed by atoms with E-state index < -0.39 is 10.9 Å². The molecule has 24 heavy (non-hydrogen) atoms. The minimum absolute atomic E-state index is 0.0490. The van der Waals surface area contributed by atoms with Gasteiger partial charge < -0.3 is 9.64 Å². The molecule has 0 fully saturated rings. The van der Waals surface area contributed by atoms with Gasteiger partial charge in [0.1, 0.15) is 0 Å². The summed E-state index contributed by atoms with van der Waals surface area (Å²) in [6.07, 6.45) is 1.28. The molecule has 0 aliphatic carbocycles. The molecule has 0 amide bonds. The Hall–Kier alpha value is -2.96. The fraction of sp³-hybridized carbons (Fsp3) is 0.294. The van der Waals surface area contributed by atoms with Crippen molar-refractivity contribution in [2.75, 3.05) is 19.1 Å². The highest BCUT2D eigenvalue weighted by Crippen LogP contribution is 2.27. The number of anilines is 1. The maximum absolute atomic E-state index is 11.5. The fourth-order valence-electron chi connectivity index (χ4n) is 2.46. The number of benzene rings is 1. The molecule has 0 aliphatic heterocycles. The first-order chi connectivity index (χ1) is 11.3. The summed E-state index contributed by atoms with van der Waals surface area (Å²) < 4.78 is 4.58. The van der Waals surface area contributed by atoms with Crippen molar-refractivity contribution in [3.8, 4) is 0 Å². The van der Waals surface area contributed by atoms with E-state index in [4.69, 9.17) is 0 Å². The average molecular weight is 329 g/mol. The van der Waals surface area contributed by atoms with Gasteiger partial charge >= 0.3 is 11.7 Å². The van der Waals surface area contributed by atoms with E-state index in [0.29, 0.717) is 6.54 Å². The van der Waals surface area contributed by atoms with Crippen LogP contribution in [-0.2, 0) is 11.3 Å². The summed E-state index contributed by atoms with van der Waals surface area (Å²) in [5, 5.41) is 11.3. The van der Waals surface area contributed by atoms with Crippen LogP contribution >= 0.6 is 0 Å². The van der Waals surface area contributed by atoms with Crippen molar-refractivity contribution in [3.63, 3.8) is 0 Å². The standard InChI is InChI=1S/C17H19N3O4/c1-11-5-6-13(12(2)7-11)10-19(3)16-15(20(22)23)8-14(9-18-16)17(21)24-4/h5-9H,10H2,1-4H3. The van der Waals surface area contributed by atoms with Gasteiger partial charge in [-0.3, -0.25) is 10.1 Å². The maximum Gasteiger partial charge on any atom is 0.339 e. The first kappa shape index (κ1) is 17.4. The van der Waals surface area contributed by atoms with E-state index in [1.54, 1.807) is 11.9 Å². The molecule has 0 atom stereocenters. The molecule has 0 bridgehead atoms. The van der Waals surface area contributed by atoms with Gasteiger partial charge in [-0.2, -0.15) is 0 Å². The fourth-order valence-corrected chi connectivity index (χ4v) is 2.46. The van der Waals surface area contributed by atoms with Crippen LogP contribution in [0.2, 0.25) is 0 Å². The van der Waals surface area contributed by atoms with E-state index in [2.05, 4.69) is 15.8 Å². The number of hydrogen-bond acceptors (Lipinski definition) is 6. The molecule has 2 aromatic rings. The Morgan fingerprint density at radius 2 is 2.04 bits per heavy atom. The second-order valence-corrected chi connectivity index (χ2v) is 5.60.